The lowest BCUT2D eigenvalue weighted by atomic mass is 9.80. The normalized spacial score (nSPS) is 16.8. The Labute approximate surface area is 207 Å². The number of rotatable bonds is 5. The van der Waals surface area contributed by atoms with Crippen molar-refractivity contribution in [3.8, 4) is 0 Å². The molecule has 1 aliphatic rings. The minimum Gasteiger partial charge on any atom is -0.511 e. The molecule has 1 atom stereocenters. The number of fused-ring (bicyclic) bond motifs is 1. The zero-order chi connectivity index (χ0) is 23.5. The van der Waals surface area contributed by atoms with E-state index in [1.165, 1.54) is 0 Å². The van der Waals surface area contributed by atoms with E-state index < -0.39 is 0 Å². The highest BCUT2D eigenvalue weighted by Gasteiger charge is 2.31. The summed E-state index contributed by atoms with van der Waals surface area (Å²) in [6, 6.07) is 32.0. The van der Waals surface area contributed by atoms with Crippen LogP contribution in [0.5, 0.6) is 0 Å². The van der Waals surface area contributed by atoms with Gasteiger partial charge in [-0.15, -0.1) is 0 Å². The average molecular weight is 510 g/mol. The molecule has 5 rings (SSSR count). The molecule has 0 bridgehead atoms. The highest BCUT2D eigenvalue weighted by molar-refractivity contribution is 9.10. The Bertz CT molecular complexity index is 1400. The first-order valence-electron chi connectivity index (χ1n) is 11.4. The molecule has 1 N–H and O–H groups in total. The van der Waals surface area contributed by atoms with Crippen molar-refractivity contribution < 1.29 is 9.90 Å². The van der Waals surface area contributed by atoms with E-state index in [9.17, 15) is 9.90 Å². The molecule has 4 aromatic rings. The van der Waals surface area contributed by atoms with Gasteiger partial charge in [0.05, 0.1) is 17.0 Å². The van der Waals surface area contributed by atoms with Crippen LogP contribution in [0.4, 0.5) is 5.69 Å². The van der Waals surface area contributed by atoms with Gasteiger partial charge in [-0.3, -0.25) is 9.79 Å². The third kappa shape index (κ3) is 4.73. The van der Waals surface area contributed by atoms with Crippen molar-refractivity contribution in [1.82, 2.24) is 0 Å². The summed E-state index contributed by atoms with van der Waals surface area (Å²) in [5, 5.41) is 13.4. The molecule has 3 nitrogen and oxygen atoms in total. The largest absolute Gasteiger partial charge is 0.511 e. The van der Waals surface area contributed by atoms with Crippen molar-refractivity contribution in [2.75, 3.05) is 0 Å². The van der Waals surface area contributed by atoms with Crippen molar-refractivity contribution >= 4 is 43.9 Å². The first-order chi connectivity index (χ1) is 16.6. The highest BCUT2D eigenvalue weighted by Crippen LogP contribution is 2.35. The van der Waals surface area contributed by atoms with Crippen LogP contribution in [-0.2, 0) is 11.2 Å². The molecule has 168 valence electrons. The summed E-state index contributed by atoms with van der Waals surface area (Å²) in [6.07, 6.45) is 1.25. The van der Waals surface area contributed by atoms with E-state index in [2.05, 4.69) is 40.2 Å². The molecule has 0 saturated heterocycles. The molecule has 4 heteroatoms. The third-order valence-electron chi connectivity index (χ3n) is 6.33. The molecule has 0 heterocycles. The number of ketones is 1. The lowest BCUT2D eigenvalue weighted by Gasteiger charge is -2.25. The second-order valence-electron chi connectivity index (χ2n) is 8.61. The molecule has 0 fully saturated rings. The standard InChI is InChI=1S/C30H24BrNO2/c31-24-13-15-25(16-14-24)32-27(17-22-11-6-10-21-9-4-5-12-26(21)22)30-28(33)18-23(19-29(30)34)20-7-2-1-3-8-20/h1-16,23,33H,17-19H2. The molecule has 4 aromatic carbocycles. The van der Waals surface area contributed by atoms with Gasteiger partial charge < -0.3 is 5.11 Å². The summed E-state index contributed by atoms with van der Waals surface area (Å²) in [5.74, 6) is 0.0406. The van der Waals surface area contributed by atoms with Crippen LogP contribution in [0.1, 0.15) is 29.9 Å². The zero-order valence-electron chi connectivity index (χ0n) is 18.6. The summed E-state index contributed by atoms with van der Waals surface area (Å²) < 4.78 is 0.962. The summed E-state index contributed by atoms with van der Waals surface area (Å²) in [6.45, 7) is 0. The number of carbonyl (C=O) groups is 1. The Morgan fingerprint density at radius 2 is 1.56 bits per heavy atom. The topological polar surface area (TPSA) is 49.7 Å². The van der Waals surface area contributed by atoms with E-state index in [-0.39, 0.29) is 17.5 Å². The van der Waals surface area contributed by atoms with Crippen LogP contribution in [0.3, 0.4) is 0 Å². The monoisotopic (exact) mass is 509 g/mol. The lowest BCUT2D eigenvalue weighted by Crippen LogP contribution is -2.25. The Hall–Kier alpha value is -3.50. The van der Waals surface area contributed by atoms with Gasteiger partial charge in [-0.2, -0.15) is 0 Å². The number of carbonyl (C=O) groups excluding carboxylic acids is 1. The Morgan fingerprint density at radius 1 is 0.853 bits per heavy atom. The molecule has 1 unspecified atom stereocenters. The number of hydrogen-bond donors (Lipinski definition) is 1. The smallest absolute Gasteiger partial charge is 0.168 e. The van der Waals surface area contributed by atoms with Crippen molar-refractivity contribution in [2.24, 2.45) is 4.99 Å². The third-order valence-corrected chi connectivity index (χ3v) is 6.86. The van der Waals surface area contributed by atoms with E-state index in [4.69, 9.17) is 4.99 Å². The summed E-state index contributed by atoms with van der Waals surface area (Å²) in [7, 11) is 0. The molecule has 1 aliphatic carbocycles. The van der Waals surface area contributed by atoms with Gasteiger partial charge >= 0.3 is 0 Å². The highest BCUT2D eigenvalue weighted by atomic mass is 79.9. The number of Topliss-reactive ketones (excluding diaryl/α,β-unsaturated/α-hetero) is 1. The fourth-order valence-corrected chi connectivity index (χ4v) is 4.93. The van der Waals surface area contributed by atoms with Crippen LogP contribution < -0.4 is 0 Å². The van der Waals surface area contributed by atoms with Crippen molar-refractivity contribution in [3.63, 3.8) is 0 Å². The van der Waals surface area contributed by atoms with E-state index >= 15 is 0 Å². The van der Waals surface area contributed by atoms with Gasteiger partial charge in [0.15, 0.2) is 5.78 Å². The average Bonchev–Trinajstić information content (AvgIpc) is 2.85. The second-order valence-corrected chi connectivity index (χ2v) is 9.53. The number of aliphatic imine (C=N–C) groups is 1. The van der Waals surface area contributed by atoms with Gasteiger partial charge in [-0.05, 0) is 52.1 Å². The van der Waals surface area contributed by atoms with Gasteiger partial charge in [-0.25, -0.2) is 0 Å². The number of halogens is 1. The van der Waals surface area contributed by atoms with Crippen LogP contribution >= 0.6 is 15.9 Å². The van der Waals surface area contributed by atoms with Gasteiger partial charge in [0.25, 0.3) is 0 Å². The van der Waals surface area contributed by atoms with Gasteiger partial charge in [0, 0.05) is 23.7 Å². The second kappa shape index (κ2) is 9.78. The van der Waals surface area contributed by atoms with E-state index in [1.807, 2.05) is 72.8 Å². The zero-order valence-corrected chi connectivity index (χ0v) is 20.2. The van der Waals surface area contributed by atoms with Crippen LogP contribution in [0.15, 0.2) is 118 Å². The number of aliphatic hydroxyl groups is 1. The number of nitrogens with zero attached hydrogens (tertiary/aromatic N) is 1. The van der Waals surface area contributed by atoms with Gasteiger partial charge in [0.1, 0.15) is 5.76 Å². The van der Waals surface area contributed by atoms with Gasteiger partial charge in [0.2, 0.25) is 0 Å². The molecule has 0 saturated carbocycles. The quantitative estimate of drug-likeness (QED) is 0.278. The minimum absolute atomic E-state index is 0.0241. The summed E-state index contributed by atoms with van der Waals surface area (Å²) in [5.41, 5.74) is 3.86. The molecule has 0 spiro atoms. The Morgan fingerprint density at radius 3 is 2.32 bits per heavy atom. The SMILES string of the molecule is O=C1CC(c2ccccc2)CC(O)=C1C(Cc1cccc2ccccc12)=Nc1ccc(Br)cc1. The van der Waals surface area contributed by atoms with Crippen molar-refractivity contribution in [1.29, 1.82) is 0 Å². The molecule has 0 radical (unpaired) electrons. The Kier molecular flexibility index (Phi) is 6.41. The predicted molar refractivity (Wildman–Crippen MR) is 142 cm³/mol. The van der Waals surface area contributed by atoms with Crippen LogP contribution in [-0.4, -0.2) is 16.6 Å². The van der Waals surface area contributed by atoms with Crippen LogP contribution in [0.25, 0.3) is 10.8 Å². The van der Waals surface area contributed by atoms with Crippen molar-refractivity contribution in [3.05, 3.63) is 124 Å². The molecule has 0 aliphatic heterocycles. The maximum atomic E-state index is 13.4. The minimum atomic E-state index is -0.0614. The number of aliphatic hydroxyl groups excluding tert-OH is 1. The first kappa shape index (κ1) is 22.3. The Balaban J connectivity index is 1.58. The molecule has 34 heavy (non-hydrogen) atoms. The molecular formula is C30H24BrNO2. The van der Waals surface area contributed by atoms with Crippen LogP contribution in [0, 0.1) is 0 Å². The van der Waals surface area contributed by atoms with E-state index in [0.717, 1.165) is 32.1 Å². The summed E-state index contributed by atoms with van der Waals surface area (Å²) >= 11 is 3.47. The summed E-state index contributed by atoms with van der Waals surface area (Å²) in [4.78, 5) is 18.3. The molecular weight excluding hydrogens is 486 g/mol. The van der Waals surface area contributed by atoms with E-state index in [0.29, 0.717) is 30.5 Å². The fraction of sp³-hybridized carbons (Fsp3) is 0.133. The first-order valence-corrected chi connectivity index (χ1v) is 12.2. The molecule has 0 aromatic heterocycles. The lowest BCUT2D eigenvalue weighted by molar-refractivity contribution is -0.116. The predicted octanol–water partition coefficient (Wildman–Crippen LogP) is 7.88. The maximum absolute atomic E-state index is 13.4. The van der Waals surface area contributed by atoms with E-state index in [1.54, 1.807) is 0 Å². The molecule has 0 amide bonds. The number of benzene rings is 4. The van der Waals surface area contributed by atoms with Gasteiger partial charge in [-0.1, -0.05) is 88.7 Å². The number of hydrogen-bond acceptors (Lipinski definition) is 3. The number of allylic oxidation sites excluding steroid dienone is 2. The maximum Gasteiger partial charge on any atom is 0.168 e. The van der Waals surface area contributed by atoms with Crippen LogP contribution in [0.2, 0.25) is 0 Å². The fourth-order valence-electron chi connectivity index (χ4n) is 4.67. The van der Waals surface area contributed by atoms with Crippen molar-refractivity contribution in [2.45, 2.75) is 25.2 Å².